The Hall–Kier alpha value is -2.60. The third-order valence-electron chi connectivity index (χ3n) is 3.91. The second-order valence-corrected chi connectivity index (χ2v) is 5.34. The van der Waals surface area contributed by atoms with Crippen LogP contribution in [0.1, 0.15) is 10.4 Å². The lowest BCUT2D eigenvalue weighted by Crippen LogP contribution is -2.44. The molecule has 0 amide bonds. The number of nitrogens with one attached hydrogen (secondary N) is 1. The van der Waals surface area contributed by atoms with E-state index in [0.29, 0.717) is 5.82 Å². The number of nitrogens with zero attached hydrogens (tertiary/aromatic N) is 2. The number of carbonyl (C=O) groups is 1. The van der Waals surface area contributed by atoms with Crippen molar-refractivity contribution in [2.75, 3.05) is 38.2 Å². The summed E-state index contributed by atoms with van der Waals surface area (Å²) in [6.45, 7) is 3.15. The minimum absolute atomic E-state index is 0.240. The first-order valence-electron chi connectivity index (χ1n) is 7.53. The Morgan fingerprint density at radius 3 is 2.48 bits per heavy atom. The summed E-state index contributed by atoms with van der Waals surface area (Å²) in [6, 6.07) is 11.0. The van der Waals surface area contributed by atoms with Crippen LogP contribution in [0, 0.1) is 0 Å². The van der Waals surface area contributed by atoms with Crippen molar-refractivity contribution in [2.45, 2.75) is 0 Å². The van der Waals surface area contributed by atoms with Gasteiger partial charge in [0.2, 0.25) is 0 Å². The van der Waals surface area contributed by atoms with Gasteiger partial charge in [-0.1, -0.05) is 0 Å². The van der Waals surface area contributed by atoms with Crippen LogP contribution in [0.25, 0.3) is 11.3 Å². The molecule has 120 valence electrons. The number of hydrogen-bond acceptors (Lipinski definition) is 5. The van der Waals surface area contributed by atoms with Crippen LogP contribution >= 0.6 is 0 Å². The van der Waals surface area contributed by atoms with Crippen molar-refractivity contribution < 1.29 is 14.6 Å². The van der Waals surface area contributed by atoms with Gasteiger partial charge in [0.25, 0.3) is 0 Å². The lowest BCUT2D eigenvalue weighted by molar-refractivity contribution is 0.0697. The van der Waals surface area contributed by atoms with E-state index in [9.17, 15) is 9.90 Å². The predicted octanol–water partition coefficient (Wildman–Crippen LogP) is 1.86. The maximum Gasteiger partial charge on any atom is 0.339 e. The molecule has 1 fully saturated rings. The number of rotatable bonds is 4. The number of piperazine rings is 1. The van der Waals surface area contributed by atoms with Gasteiger partial charge >= 0.3 is 5.97 Å². The normalized spacial score (nSPS) is 14.6. The first-order chi connectivity index (χ1) is 11.2. The van der Waals surface area contributed by atoms with Crippen molar-refractivity contribution in [3.8, 4) is 17.0 Å². The SMILES string of the molecule is COc1ccc(-c2ccc(C(=O)O)c(N3CCNCC3)n2)cc1. The van der Waals surface area contributed by atoms with Crippen LogP contribution in [-0.2, 0) is 0 Å². The zero-order valence-corrected chi connectivity index (χ0v) is 13.0. The van der Waals surface area contributed by atoms with Crippen molar-refractivity contribution in [1.29, 1.82) is 0 Å². The Labute approximate surface area is 134 Å². The molecule has 0 radical (unpaired) electrons. The van der Waals surface area contributed by atoms with Crippen LogP contribution in [0.15, 0.2) is 36.4 Å². The van der Waals surface area contributed by atoms with E-state index in [1.165, 1.54) is 0 Å². The molecule has 0 atom stereocenters. The third-order valence-corrected chi connectivity index (χ3v) is 3.91. The number of methoxy groups -OCH3 is 1. The molecule has 6 nitrogen and oxygen atoms in total. The number of pyridine rings is 1. The smallest absolute Gasteiger partial charge is 0.339 e. The summed E-state index contributed by atoms with van der Waals surface area (Å²) in [4.78, 5) is 18.1. The fraction of sp³-hybridized carbons (Fsp3) is 0.294. The molecule has 0 aliphatic carbocycles. The van der Waals surface area contributed by atoms with Gasteiger partial charge in [-0.15, -0.1) is 0 Å². The molecule has 3 rings (SSSR count). The number of anilines is 1. The van der Waals surface area contributed by atoms with Crippen molar-refractivity contribution in [1.82, 2.24) is 10.3 Å². The van der Waals surface area contributed by atoms with E-state index in [4.69, 9.17) is 4.74 Å². The van der Waals surface area contributed by atoms with Crippen LogP contribution in [0.3, 0.4) is 0 Å². The van der Waals surface area contributed by atoms with E-state index in [1.54, 1.807) is 19.2 Å². The van der Waals surface area contributed by atoms with Gasteiger partial charge in [0.15, 0.2) is 0 Å². The molecule has 0 saturated carbocycles. The van der Waals surface area contributed by atoms with E-state index in [2.05, 4.69) is 10.3 Å². The second kappa shape index (κ2) is 6.66. The highest BCUT2D eigenvalue weighted by Gasteiger charge is 2.20. The van der Waals surface area contributed by atoms with Crippen LogP contribution in [0.2, 0.25) is 0 Å². The molecule has 6 heteroatoms. The minimum Gasteiger partial charge on any atom is -0.497 e. The van der Waals surface area contributed by atoms with E-state index >= 15 is 0 Å². The maximum atomic E-state index is 11.5. The molecule has 2 aromatic rings. The summed E-state index contributed by atoms with van der Waals surface area (Å²) in [7, 11) is 1.62. The van der Waals surface area contributed by atoms with Gasteiger partial charge in [-0.2, -0.15) is 0 Å². The predicted molar refractivity (Wildman–Crippen MR) is 88.3 cm³/mol. The molecule has 2 heterocycles. The molecule has 1 aliphatic rings. The number of carboxylic acid groups (broad SMARTS) is 1. The molecule has 2 N–H and O–H groups in total. The highest BCUT2D eigenvalue weighted by molar-refractivity contribution is 5.94. The lowest BCUT2D eigenvalue weighted by Gasteiger charge is -2.29. The molecule has 1 aromatic carbocycles. The summed E-state index contributed by atoms with van der Waals surface area (Å²) in [5, 5.41) is 12.7. The van der Waals surface area contributed by atoms with Crippen molar-refractivity contribution >= 4 is 11.8 Å². The number of ether oxygens (including phenoxy) is 1. The number of hydrogen-bond donors (Lipinski definition) is 2. The Balaban J connectivity index is 1.99. The van der Waals surface area contributed by atoms with Crippen LogP contribution in [0.4, 0.5) is 5.82 Å². The first kappa shape index (κ1) is 15.3. The molecule has 1 saturated heterocycles. The topological polar surface area (TPSA) is 74.7 Å². The maximum absolute atomic E-state index is 11.5. The van der Waals surface area contributed by atoms with Gasteiger partial charge in [0.05, 0.1) is 12.8 Å². The lowest BCUT2D eigenvalue weighted by atomic mass is 10.1. The third kappa shape index (κ3) is 3.27. The van der Waals surface area contributed by atoms with E-state index in [-0.39, 0.29) is 5.56 Å². The quantitative estimate of drug-likeness (QED) is 0.897. The van der Waals surface area contributed by atoms with Crippen LogP contribution in [0.5, 0.6) is 5.75 Å². The zero-order valence-electron chi connectivity index (χ0n) is 13.0. The van der Waals surface area contributed by atoms with Gasteiger partial charge in [-0.25, -0.2) is 9.78 Å². The average Bonchev–Trinajstić information content (AvgIpc) is 2.62. The molecule has 0 spiro atoms. The number of aromatic carboxylic acids is 1. The molecule has 1 aromatic heterocycles. The van der Waals surface area contributed by atoms with Crippen LogP contribution < -0.4 is 15.0 Å². The van der Waals surface area contributed by atoms with Crippen molar-refractivity contribution in [2.24, 2.45) is 0 Å². The van der Waals surface area contributed by atoms with Gasteiger partial charge < -0.3 is 20.1 Å². The average molecular weight is 313 g/mol. The number of aromatic nitrogens is 1. The van der Waals surface area contributed by atoms with Gasteiger partial charge in [-0.05, 0) is 36.4 Å². The Morgan fingerprint density at radius 1 is 1.17 bits per heavy atom. The first-order valence-corrected chi connectivity index (χ1v) is 7.53. The van der Waals surface area contributed by atoms with E-state index in [0.717, 1.165) is 43.2 Å². The summed E-state index contributed by atoms with van der Waals surface area (Å²) >= 11 is 0. The Morgan fingerprint density at radius 2 is 1.87 bits per heavy atom. The fourth-order valence-electron chi connectivity index (χ4n) is 2.66. The second-order valence-electron chi connectivity index (χ2n) is 5.34. The van der Waals surface area contributed by atoms with Gasteiger partial charge in [-0.3, -0.25) is 0 Å². The largest absolute Gasteiger partial charge is 0.497 e. The minimum atomic E-state index is -0.952. The van der Waals surface area contributed by atoms with Crippen molar-refractivity contribution in [3.63, 3.8) is 0 Å². The molecule has 23 heavy (non-hydrogen) atoms. The summed E-state index contributed by atoms with van der Waals surface area (Å²) in [6.07, 6.45) is 0. The number of carboxylic acids is 1. The molecule has 0 unspecified atom stereocenters. The Kier molecular flexibility index (Phi) is 4.43. The molecule has 1 aliphatic heterocycles. The zero-order chi connectivity index (χ0) is 16.2. The van der Waals surface area contributed by atoms with Crippen molar-refractivity contribution in [3.05, 3.63) is 42.0 Å². The summed E-state index contributed by atoms with van der Waals surface area (Å²) in [5.74, 6) is 0.359. The molecular formula is C17H19N3O3. The monoisotopic (exact) mass is 313 g/mol. The number of benzene rings is 1. The van der Waals surface area contributed by atoms with E-state index in [1.807, 2.05) is 29.2 Å². The molecular weight excluding hydrogens is 294 g/mol. The standard InChI is InChI=1S/C17H19N3O3/c1-23-13-4-2-12(3-5-13)15-7-6-14(17(21)22)16(19-15)20-10-8-18-9-11-20/h2-7,18H,8-11H2,1H3,(H,21,22). The van der Waals surface area contributed by atoms with Gasteiger partial charge in [0, 0.05) is 31.7 Å². The Bertz CT molecular complexity index is 695. The molecule has 0 bridgehead atoms. The van der Waals surface area contributed by atoms with Gasteiger partial charge in [0.1, 0.15) is 17.1 Å². The van der Waals surface area contributed by atoms with E-state index < -0.39 is 5.97 Å². The summed E-state index contributed by atoms with van der Waals surface area (Å²) < 4.78 is 5.16. The highest BCUT2D eigenvalue weighted by atomic mass is 16.5. The summed E-state index contributed by atoms with van der Waals surface area (Å²) in [5.41, 5.74) is 1.93. The fourth-order valence-corrected chi connectivity index (χ4v) is 2.66. The van der Waals surface area contributed by atoms with Crippen LogP contribution in [-0.4, -0.2) is 49.3 Å². The highest BCUT2D eigenvalue weighted by Crippen LogP contribution is 2.26.